The quantitative estimate of drug-likeness (QED) is 0.889. The molecule has 126 valence electrons. The molecule has 0 spiro atoms. The Kier molecular flexibility index (Phi) is 4.18. The Bertz CT molecular complexity index is 930. The Morgan fingerprint density at radius 2 is 1.75 bits per heavy atom. The van der Waals surface area contributed by atoms with Crippen molar-refractivity contribution < 1.29 is 21.6 Å². The Morgan fingerprint density at radius 3 is 2.50 bits per heavy atom. The van der Waals surface area contributed by atoms with Crippen LogP contribution in [0, 0.1) is 11.6 Å². The molecule has 9 heteroatoms. The Hall–Kier alpha value is -2.55. The van der Waals surface area contributed by atoms with Gasteiger partial charge in [0.1, 0.15) is 11.6 Å². The highest BCUT2D eigenvalue weighted by Crippen LogP contribution is 2.37. The zero-order valence-corrected chi connectivity index (χ0v) is 13.0. The highest BCUT2D eigenvalue weighted by Gasteiger charge is 2.29. The molecule has 2 N–H and O–H groups in total. The molecule has 0 amide bonds. The van der Waals surface area contributed by atoms with Crippen molar-refractivity contribution in [3.8, 4) is 11.1 Å². The summed E-state index contributed by atoms with van der Waals surface area (Å²) in [4.78, 5) is 3.61. The lowest BCUT2D eigenvalue weighted by Gasteiger charge is -2.24. The van der Waals surface area contributed by atoms with Crippen LogP contribution in [0.5, 0.6) is 0 Å². The van der Waals surface area contributed by atoms with Gasteiger partial charge in [-0.2, -0.15) is 0 Å². The number of hydrogen-bond donors (Lipinski definition) is 2. The van der Waals surface area contributed by atoms with Crippen molar-refractivity contribution in [2.75, 3.05) is 18.5 Å². The monoisotopic (exact) mass is 355 g/mol. The van der Waals surface area contributed by atoms with Gasteiger partial charge in [0, 0.05) is 11.1 Å². The second-order valence-electron chi connectivity index (χ2n) is 4.93. The van der Waals surface area contributed by atoms with Gasteiger partial charge in [-0.05, 0) is 12.1 Å². The van der Waals surface area contributed by atoms with E-state index in [1.807, 2.05) is 0 Å². The lowest BCUT2D eigenvalue weighted by molar-refractivity contribution is 0.504. The fourth-order valence-corrected chi connectivity index (χ4v) is 3.54. The normalized spacial score (nSPS) is 17.0. The first-order valence-corrected chi connectivity index (χ1v) is 8.40. The van der Waals surface area contributed by atoms with E-state index in [2.05, 4.69) is 15.0 Å². The standard InChI is InChI=1S/C15H12F3N3O2S/c16-7-8-19-15-20-14-10(9-3-1-5-11(17)13(9)18)4-2-6-12(14)24(22,23)21-15/h1-6H,7-8H2,(H2,19,20,21). The lowest BCUT2D eigenvalue weighted by Crippen LogP contribution is -2.41. The first-order valence-electron chi connectivity index (χ1n) is 6.91. The number of hydrogen-bond acceptors (Lipinski definition) is 3. The van der Waals surface area contributed by atoms with Crippen LogP contribution >= 0.6 is 0 Å². The summed E-state index contributed by atoms with van der Waals surface area (Å²) in [6.07, 6.45) is 0. The van der Waals surface area contributed by atoms with E-state index in [9.17, 15) is 21.6 Å². The smallest absolute Gasteiger partial charge is 0.266 e. The van der Waals surface area contributed by atoms with Crippen molar-refractivity contribution in [2.24, 2.45) is 4.99 Å². The zero-order valence-electron chi connectivity index (χ0n) is 12.2. The number of benzene rings is 2. The molecule has 0 radical (unpaired) electrons. The van der Waals surface area contributed by atoms with Gasteiger partial charge >= 0.3 is 0 Å². The van der Waals surface area contributed by atoms with Gasteiger partial charge in [-0.25, -0.2) is 31.3 Å². The fourth-order valence-electron chi connectivity index (χ4n) is 2.37. The molecule has 1 aliphatic rings. The number of rotatable bonds is 3. The molecule has 0 aromatic heterocycles. The maximum absolute atomic E-state index is 14.1. The number of alkyl halides is 1. The van der Waals surface area contributed by atoms with E-state index < -0.39 is 28.3 Å². The number of sulfonamides is 1. The summed E-state index contributed by atoms with van der Waals surface area (Å²) in [6, 6.07) is 7.81. The molecule has 1 heterocycles. The van der Waals surface area contributed by atoms with Gasteiger partial charge in [0.15, 0.2) is 11.6 Å². The molecule has 5 nitrogen and oxygen atoms in total. The predicted molar refractivity (Wildman–Crippen MR) is 84.0 cm³/mol. The number of fused-ring (bicyclic) bond motifs is 1. The molecule has 3 rings (SSSR count). The van der Waals surface area contributed by atoms with E-state index in [0.29, 0.717) is 0 Å². The number of halogens is 3. The second-order valence-corrected chi connectivity index (χ2v) is 6.58. The van der Waals surface area contributed by atoms with Gasteiger partial charge < -0.3 is 5.32 Å². The van der Waals surface area contributed by atoms with Crippen molar-refractivity contribution in [2.45, 2.75) is 4.90 Å². The topological polar surface area (TPSA) is 70.6 Å². The van der Waals surface area contributed by atoms with Gasteiger partial charge in [-0.3, -0.25) is 0 Å². The highest BCUT2D eigenvalue weighted by molar-refractivity contribution is 7.90. The highest BCUT2D eigenvalue weighted by atomic mass is 32.2. The van der Waals surface area contributed by atoms with E-state index in [1.165, 1.54) is 30.3 Å². The molecule has 24 heavy (non-hydrogen) atoms. The summed E-state index contributed by atoms with van der Waals surface area (Å²) in [5, 5.41) is 2.71. The molecule has 0 saturated heterocycles. The van der Waals surface area contributed by atoms with Crippen molar-refractivity contribution in [1.29, 1.82) is 0 Å². The molecule has 2 aromatic rings. The zero-order chi connectivity index (χ0) is 17.3. The Balaban J connectivity index is 2.21. The molecule has 0 saturated carbocycles. The molecule has 1 aliphatic heterocycles. The predicted octanol–water partition coefficient (Wildman–Crippen LogP) is 2.66. The van der Waals surface area contributed by atoms with Gasteiger partial charge in [-0.1, -0.05) is 24.3 Å². The number of guanidine groups is 1. The molecule has 0 fully saturated rings. The molecule has 0 unspecified atom stereocenters. The minimum Gasteiger partial charge on any atom is -0.324 e. The van der Waals surface area contributed by atoms with E-state index in [0.717, 1.165) is 6.07 Å². The third kappa shape index (κ3) is 2.82. The minimum absolute atomic E-state index is 0.0540. The molecular weight excluding hydrogens is 343 g/mol. The van der Waals surface area contributed by atoms with Crippen LogP contribution in [0.25, 0.3) is 11.1 Å². The summed E-state index contributed by atoms with van der Waals surface area (Å²) in [6.45, 7) is -1.00. The van der Waals surface area contributed by atoms with Crippen LogP contribution in [0.15, 0.2) is 46.3 Å². The number of para-hydroxylation sites is 1. The molecule has 0 aliphatic carbocycles. The van der Waals surface area contributed by atoms with Crippen LogP contribution in [0.1, 0.15) is 0 Å². The van der Waals surface area contributed by atoms with Gasteiger partial charge in [0.2, 0.25) is 5.96 Å². The summed E-state index contributed by atoms with van der Waals surface area (Å²) < 4.78 is 66.6. The third-order valence-electron chi connectivity index (χ3n) is 3.39. The van der Waals surface area contributed by atoms with Crippen molar-refractivity contribution >= 4 is 21.7 Å². The second kappa shape index (κ2) is 6.16. The lowest BCUT2D eigenvalue weighted by atomic mass is 10.0. The fraction of sp³-hybridized carbons (Fsp3) is 0.133. The molecule has 0 atom stereocenters. The van der Waals surface area contributed by atoms with Crippen LogP contribution in [0.4, 0.5) is 18.9 Å². The van der Waals surface area contributed by atoms with Gasteiger partial charge in [0.05, 0.1) is 12.2 Å². The summed E-state index contributed by atoms with van der Waals surface area (Å²) in [5.74, 6) is -2.32. The van der Waals surface area contributed by atoms with Crippen molar-refractivity contribution in [3.05, 3.63) is 48.0 Å². The van der Waals surface area contributed by atoms with Crippen molar-refractivity contribution in [1.82, 2.24) is 4.72 Å². The Labute approximate surface area is 136 Å². The van der Waals surface area contributed by atoms with Crippen LogP contribution in [-0.4, -0.2) is 27.6 Å². The molecule has 2 aromatic carbocycles. The average molecular weight is 355 g/mol. The maximum Gasteiger partial charge on any atom is 0.266 e. The molecular formula is C15H12F3N3O2S. The van der Waals surface area contributed by atoms with Gasteiger partial charge in [-0.15, -0.1) is 0 Å². The summed E-state index contributed by atoms with van der Waals surface area (Å²) in [7, 11) is -3.96. The van der Waals surface area contributed by atoms with E-state index in [1.54, 1.807) is 0 Å². The van der Waals surface area contributed by atoms with Crippen LogP contribution < -0.4 is 10.0 Å². The first kappa shape index (κ1) is 16.3. The van der Waals surface area contributed by atoms with Gasteiger partial charge in [0.25, 0.3) is 10.0 Å². The summed E-state index contributed by atoms with van der Waals surface area (Å²) in [5.41, 5.74) is 0.113. The minimum atomic E-state index is -3.96. The van der Waals surface area contributed by atoms with Crippen molar-refractivity contribution in [3.63, 3.8) is 0 Å². The van der Waals surface area contributed by atoms with Crippen LogP contribution in [0.3, 0.4) is 0 Å². The van der Waals surface area contributed by atoms with E-state index >= 15 is 0 Å². The van der Waals surface area contributed by atoms with Crippen LogP contribution in [0.2, 0.25) is 0 Å². The van der Waals surface area contributed by atoms with E-state index in [-0.39, 0.29) is 34.2 Å². The SMILES string of the molecule is O=S1(=O)NC(=NCCF)Nc2c(-c3cccc(F)c3F)cccc21. The van der Waals surface area contributed by atoms with E-state index in [4.69, 9.17) is 0 Å². The Morgan fingerprint density at radius 1 is 1.04 bits per heavy atom. The average Bonchev–Trinajstić information content (AvgIpc) is 2.55. The number of nitrogens with one attached hydrogen (secondary N) is 2. The molecule has 0 bridgehead atoms. The van der Waals surface area contributed by atoms with Crippen LogP contribution in [-0.2, 0) is 10.0 Å². The largest absolute Gasteiger partial charge is 0.324 e. The maximum atomic E-state index is 14.1. The summed E-state index contributed by atoms with van der Waals surface area (Å²) >= 11 is 0. The number of aliphatic imine (C=N–C) groups is 1. The number of anilines is 1. The third-order valence-corrected chi connectivity index (χ3v) is 4.77. The number of nitrogens with zero attached hydrogens (tertiary/aromatic N) is 1. The first-order chi connectivity index (χ1) is 11.4.